The van der Waals surface area contributed by atoms with E-state index in [0.717, 1.165) is 24.7 Å². The molecule has 1 N–H and O–H groups in total. The summed E-state index contributed by atoms with van der Waals surface area (Å²) in [5, 5.41) is 3.76. The molecule has 2 aromatic heterocycles. The van der Waals surface area contributed by atoms with Crippen molar-refractivity contribution in [3.63, 3.8) is 0 Å². The molecule has 3 heterocycles. The minimum Gasteiger partial charge on any atom is -0.311 e. The lowest BCUT2D eigenvalue weighted by molar-refractivity contribution is 0.110. The van der Waals surface area contributed by atoms with Gasteiger partial charge in [0, 0.05) is 44.1 Å². The van der Waals surface area contributed by atoms with E-state index in [1.54, 1.807) is 0 Å². The maximum absolute atomic E-state index is 4.76. The Morgan fingerprint density at radius 1 is 1.33 bits per heavy atom. The van der Waals surface area contributed by atoms with Crippen LogP contribution < -0.4 is 5.32 Å². The third-order valence-electron chi connectivity index (χ3n) is 5.00. The molecule has 112 valence electrons. The quantitative estimate of drug-likeness (QED) is 0.935. The zero-order valence-electron chi connectivity index (χ0n) is 12.7. The lowest BCUT2D eigenvalue weighted by atomic mass is 10.0. The van der Waals surface area contributed by atoms with E-state index in [0.29, 0.717) is 12.1 Å². The van der Waals surface area contributed by atoms with Crippen molar-refractivity contribution < 1.29 is 0 Å². The third-order valence-corrected chi connectivity index (χ3v) is 5.00. The molecule has 0 aromatic carbocycles. The smallest absolute Gasteiger partial charge is 0.137 e. The Hall–Kier alpha value is -1.39. The molecule has 1 aliphatic carbocycles. The Bertz CT molecular complexity index is 583. The Labute approximate surface area is 126 Å². The second-order valence-corrected chi connectivity index (χ2v) is 6.54. The largest absolute Gasteiger partial charge is 0.311 e. The number of hydrogen-bond acceptors (Lipinski definition) is 3. The first-order valence-corrected chi connectivity index (χ1v) is 8.23. The fourth-order valence-corrected chi connectivity index (χ4v) is 3.56. The highest BCUT2D eigenvalue weighted by atomic mass is 15.2. The molecular formula is C17H24N4. The number of nitrogens with zero attached hydrogens (tertiary/aromatic N) is 3. The average molecular weight is 284 g/mol. The van der Waals surface area contributed by atoms with Crippen LogP contribution in [0, 0.1) is 5.92 Å². The Kier molecular flexibility index (Phi) is 3.43. The lowest BCUT2D eigenvalue weighted by Crippen LogP contribution is -2.56. The van der Waals surface area contributed by atoms with Crippen LogP contribution in [0.5, 0.6) is 0 Å². The van der Waals surface area contributed by atoms with Crippen molar-refractivity contribution in [2.24, 2.45) is 5.92 Å². The van der Waals surface area contributed by atoms with Gasteiger partial charge in [-0.15, -0.1) is 0 Å². The normalized spacial score (nSPS) is 27.3. The summed E-state index contributed by atoms with van der Waals surface area (Å²) in [6, 6.07) is 7.52. The van der Waals surface area contributed by atoms with Gasteiger partial charge in [0.2, 0.25) is 0 Å². The van der Waals surface area contributed by atoms with Gasteiger partial charge in [-0.05, 0) is 37.3 Å². The second kappa shape index (κ2) is 5.43. The van der Waals surface area contributed by atoms with Gasteiger partial charge in [-0.2, -0.15) is 0 Å². The molecule has 0 amide bonds. The van der Waals surface area contributed by atoms with Crippen LogP contribution in [-0.2, 0) is 6.54 Å². The molecule has 0 bridgehead atoms. The van der Waals surface area contributed by atoms with E-state index in [4.69, 9.17) is 4.98 Å². The van der Waals surface area contributed by atoms with Crippen LogP contribution in [0.25, 0.3) is 5.65 Å². The Balaban J connectivity index is 1.52. The van der Waals surface area contributed by atoms with Crippen LogP contribution in [0.3, 0.4) is 0 Å². The van der Waals surface area contributed by atoms with Crippen molar-refractivity contribution in [3.8, 4) is 0 Å². The SMILES string of the molecule is CCC1CNC(C2CC2)CN1Cc1cn2ccccc2n1. The van der Waals surface area contributed by atoms with Crippen LogP contribution in [0.1, 0.15) is 31.9 Å². The van der Waals surface area contributed by atoms with E-state index in [9.17, 15) is 0 Å². The highest BCUT2D eigenvalue weighted by Gasteiger charge is 2.36. The van der Waals surface area contributed by atoms with Gasteiger partial charge < -0.3 is 9.72 Å². The van der Waals surface area contributed by atoms with Crippen molar-refractivity contribution in [3.05, 3.63) is 36.3 Å². The average Bonchev–Trinajstić information content (AvgIpc) is 3.27. The van der Waals surface area contributed by atoms with E-state index in [1.165, 1.54) is 31.5 Å². The van der Waals surface area contributed by atoms with Gasteiger partial charge in [-0.1, -0.05) is 13.0 Å². The molecule has 2 unspecified atom stereocenters. The minimum absolute atomic E-state index is 0.643. The monoisotopic (exact) mass is 284 g/mol. The predicted molar refractivity (Wildman–Crippen MR) is 84.2 cm³/mol. The summed E-state index contributed by atoms with van der Waals surface area (Å²) < 4.78 is 2.12. The van der Waals surface area contributed by atoms with Crippen molar-refractivity contribution >= 4 is 5.65 Å². The predicted octanol–water partition coefficient (Wildman–Crippen LogP) is 2.30. The van der Waals surface area contributed by atoms with Gasteiger partial charge in [0.25, 0.3) is 0 Å². The van der Waals surface area contributed by atoms with Crippen LogP contribution >= 0.6 is 0 Å². The van der Waals surface area contributed by atoms with Gasteiger partial charge in [0.1, 0.15) is 5.65 Å². The summed E-state index contributed by atoms with van der Waals surface area (Å²) in [5.74, 6) is 0.923. The number of imidazole rings is 1. The van der Waals surface area contributed by atoms with Crippen LogP contribution in [0.2, 0.25) is 0 Å². The third kappa shape index (κ3) is 2.70. The van der Waals surface area contributed by atoms with Gasteiger partial charge in [0.15, 0.2) is 0 Å². The first kappa shape index (κ1) is 13.3. The zero-order chi connectivity index (χ0) is 14.2. The van der Waals surface area contributed by atoms with E-state index >= 15 is 0 Å². The highest BCUT2D eigenvalue weighted by Crippen LogP contribution is 2.34. The summed E-state index contributed by atoms with van der Waals surface area (Å²) in [4.78, 5) is 7.40. The number of rotatable bonds is 4. The summed E-state index contributed by atoms with van der Waals surface area (Å²) in [6.07, 6.45) is 8.29. The molecule has 2 aromatic rings. The number of fused-ring (bicyclic) bond motifs is 1. The molecule has 4 heteroatoms. The number of piperazine rings is 1. The van der Waals surface area contributed by atoms with Crippen molar-refractivity contribution in [1.82, 2.24) is 19.6 Å². The fraction of sp³-hybridized carbons (Fsp3) is 0.588. The van der Waals surface area contributed by atoms with E-state index in [-0.39, 0.29) is 0 Å². The fourth-order valence-electron chi connectivity index (χ4n) is 3.56. The van der Waals surface area contributed by atoms with Crippen molar-refractivity contribution in [2.45, 2.75) is 44.8 Å². The molecule has 1 saturated carbocycles. The summed E-state index contributed by atoms with van der Waals surface area (Å²) >= 11 is 0. The molecular weight excluding hydrogens is 260 g/mol. The number of nitrogens with one attached hydrogen (secondary N) is 1. The van der Waals surface area contributed by atoms with Crippen molar-refractivity contribution in [1.29, 1.82) is 0 Å². The number of aromatic nitrogens is 2. The van der Waals surface area contributed by atoms with Gasteiger partial charge in [-0.25, -0.2) is 4.98 Å². The van der Waals surface area contributed by atoms with Gasteiger partial charge in [-0.3, -0.25) is 4.90 Å². The van der Waals surface area contributed by atoms with Gasteiger partial charge in [0.05, 0.1) is 5.69 Å². The summed E-state index contributed by atoms with van der Waals surface area (Å²) in [7, 11) is 0. The Morgan fingerprint density at radius 3 is 3.00 bits per heavy atom. The van der Waals surface area contributed by atoms with E-state index in [2.05, 4.69) is 52.1 Å². The molecule has 1 aliphatic heterocycles. The number of pyridine rings is 1. The topological polar surface area (TPSA) is 32.6 Å². The van der Waals surface area contributed by atoms with E-state index < -0.39 is 0 Å². The molecule has 2 aliphatic rings. The standard InChI is InChI=1S/C17H24N4/c1-2-15-9-18-16(13-6-7-13)12-21(15)11-14-10-20-8-4-3-5-17(20)19-14/h3-5,8,10,13,15-16,18H,2,6-7,9,11-12H2,1H3. The van der Waals surface area contributed by atoms with Crippen LogP contribution in [-0.4, -0.2) is 39.5 Å². The highest BCUT2D eigenvalue weighted by molar-refractivity contribution is 5.39. The first-order valence-electron chi connectivity index (χ1n) is 8.23. The van der Waals surface area contributed by atoms with Gasteiger partial charge >= 0.3 is 0 Å². The molecule has 2 fully saturated rings. The number of hydrogen-bond donors (Lipinski definition) is 1. The summed E-state index contributed by atoms with van der Waals surface area (Å²) in [5.41, 5.74) is 2.24. The first-order chi connectivity index (χ1) is 10.3. The van der Waals surface area contributed by atoms with Crippen molar-refractivity contribution in [2.75, 3.05) is 13.1 Å². The molecule has 0 spiro atoms. The van der Waals surface area contributed by atoms with Crippen LogP contribution in [0.15, 0.2) is 30.6 Å². The molecule has 21 heavy (non-hydrogen) atoms. The van der Waals surface area contributed by atoms with E-state index in [1.807, 2.05) is 0 Å². The molecule has 4 nitrogen and oxygen atoms in total. The molecule has 1 saturated heterocycles. The molecule has 0 radical (unpaired) electrons. The maximum Gasteiger partial charge on any atom is 0.137 e. The van der Waals surface area contributed by atoms with Crippen LogP contribution in [0.4, 0.5) is 0 Å². The summed E-state index contributed by atoms with van der Waals surface area (Å²) in [6.45, 7) is 5.58. The second-order valence-electron chi connectivity index (χ2n) is 6.54. The molecule has 2 atom stereocenters. The lowest BCUT2D eigenvalue weighted by Gasteiger charge is -2.40. The minimum atomic E-state index is 0.643. The molecule has 4 rings (SSSR count). The maximum atomic E-state index is 4.76. The zero-order valence-corrected chi connectivity index (χ0v) is 12.7. The Morgan fingerprint density at radius 2 is 2.24 bits per heavy atom.